The molecule has 2 aromatic heterocycles. The van der Waals surface area contributed by atoms with E-state index in [1.54, 1.807) is 15.7 Å². The molecule has 0 unspecified atom stereocenters. The summed E-state index contributed by atoms with van der Waals surface area (Å²) in [4.78, 5) is 3.97. The molecule has 2 aliphatic rings. The fourth-order valence-electron chi connectivity index (χ4n) is 5.13. The smallest absolute Gasteiger partial charge is 0.341 e. The van der Waals surface area contributed by atoms with Crippen LogP contribution in [0.3, 0.4) is 0 Å². The monoisotopic (exact) mass is 522 g/mol. The lowest BCUT2D eigenvalue weighted by Gasteiger charge is -2.18. The van der Waals surface area contributed by atoms with Gasteiger partial charge in [0.15, 0.2) is 0 Å². The van der Waals surface area contributed by atoms with Crippen molar-refractivity contribution in [2.75, 3.05) is 13.2 Å². The number of rotatable bonds is 8. The van der Waals surface area contributed by atoms with Crippen molar-refractivity contribution in [3.63, 3.8) is 0 Å². The summed E-state index contributed by atoms with van der Waals surface area (Å²) in [6.45, 7) is 1.71. The zero-order valence-electron chi connectivity index (χ0n) is 20.9. The predicted molar refractivity (Wildman–Crippen MR) is 140 cm³/mol. The van der Waals surface area contributed by atoms with E-state index in [1.165, 1.54) is 23.0 Å². The molecule has 0 bridgehead atoms. The molecule has 2 fully saturated rings. The molecule has 0 saturated carbocycles. The number of hydrogen-bond acceptors (Lipinski definition) is 9. The molecular weight excluding hydrogens is 496 g/mol. The summed E-state index contributed by atoms with van der Waals surface area (Å²) in [5.74, 6) is 0.607. The first-order chi connectivity index (χ1) is 19.3. The SMILES string of the molecule is c1ccc(-c2ccc(CN[C@H]3CO[C@H]4[C@@H]3OC[C@@H]4n3nnnc3Oc3ccc(-n4cncn4)cc3)cc2)cc1. The van der Waals surface area contributed by atoms with Gasteiger partial charge in [0.05, 0.1) is 24.9 Å². The highest BCUT2D eigenvalue weighted by molar-refractivity contribution is 5.63. The minimum absolute atomic E-state index is 0.0685. The summed E-state index contributed by atoms with van der Waals surface area (Å²) < 4.78 is 21.7. The minimum Gasteiger partial charge on any atom is -0.423 e. The van der Waals surface area contributed by atoms with Crippen LogP contribution >= 0.6 is 0 Å². The molecule has 3 aromatic carbocycles. The third-order valence-electron chi connectivity index (χ3n) is 7.16. The predicted octanol–water partition coefficient (Wildman–Crippen LogP) is 3.21. The maximum absolute atomic E-state index is 6.18. The lowest BCUT2D eigenvalue weighted by Crippen LogP contribution is -2.40. The minimum atomic E-state index is -0.189. The molecule has 2 aliphatic heterocycles. The van der Waals surface area contributed by atoms with Gasteiger partial charge in [-0.15, -0.1) is 0 Å². The molecule has 1 N–H and O–H groups in total. The number of aromatic nitrogens is 7. The third-order valence-corrected chi connectivity index (χ3v) is 7.16. The Morgan fingerprint density at radius 3 is 2.46 bits per heavy atom. The second-order valence-corrected chi connectivity index (χ2v) is 9.56. The Hall–Kier alpha value is -4.45. The normalized spacial score (nSPS) is 22.2. The first-order valence-electron chi connectivity index (χ1n) is 12.8. The second-order valence-electron chi connectivity index (χ2n) is 9.56. The average Bonchev–Trinajstić information content (AvgIpc) is 3.80. The van der Waals surface area contributed by atoms with Gasteiger partial charge in [-0.2, -0.15) is 9.78 Å². The Morgan fingerprint density at radius 2 is 1.67 bits per heavy atom. The van der Waals surface area contributed by atoms with E-state index < -0.39 is 0 Å². The largest absolute Gasteiger partial charge is 0.423 e. The number of ether oxygens (including phenoxy) is 3. The molecule has 7 rings (SSSR count). The van der Waals surface area contributed by atoms with Gasteiger partial charge in [0.2, 0.25) is 0 Å². The van der Waals surface area contributed by atoms with E-state index in [0.29, 0.717) is 19.0 Å². The van der Waals surface area contributed by atoms with Crippen LogP contribution in [0.1, 0.15) is 11.6 Å². The summed E-state index contributed by atoms with van der Waals surface area (Å²) >= 11 is 0. The number of nitrogens with zero attached hydrogens (tertiary/aromatic N) is 7. The topological polar surface area (TPSA) is 114 Å². The van der Waals surface area contributed by atoms with Crippen molar-refractivity contribution < 1.29 is 14.2 Å². The molecular formula is C28H26N8O3. The van der Waals surface area contributed by atoms with Crippen LogP contribution in [0.15, 0.2) is 91.5 Å². The van der Waals surface area contributed by atoms with E-state index in [-0.39, 0.29) is 30.3 Å². The summed E-state index contributed by atoms with van der Waals surface area (Å²) in [6, 6.07) is 26.6. The van der Waals surface area contributed by atoms with Crippen molar-refractivity contribution in [1.29, 1.82) is 0 Å². The van der Waals surface area contributed by atoms with Crippen molar-refractivity contribution in [1.82, 2.24) is 40.3 Å². The van der Waals surface area contributed by atoms with Crippen LogP contribution in [0.4, 0.5) is 0 Å². The molecule has 0 aliphatic carbocycles. The lowest BCUT2D eigenvalue weighted by molar-refractivity contribution is 0.0611. The van der Waals surface area contributed by atoms with Gasteiger partial charge >= 0.3 is 6.01 Å². The highest BCUT2D eigenvalue weighted by atomic mass is 16.6. The molecule has 4 heterocycles. The van der Waals surface area contributed by atoms with E-state index in [1.807, 2.05) is 30.3 Å². The molecule has 196 valence electrons. The maximum atomic E-state index is 6.18. The lowest BCUT2D eigenvalue weighted by atomic mass is 10.0. The highest BCUT2D eigenvalue weighted by Gasteiger charge is 2.49. The van der Waals surface area contributed by atoms with Crippen LogP contribution in [0.25, 0.3) is 16.8 Å². The number of hydrogen-bond donors (Lipinski definition) is 1. The van der Waals surface area contributed by atoms with Crippen molar-refractivity contribution in [2.45, 2.75) is 30.8 Å². The summed E-state index contributed by atoms with van der Waals surface area (Å²) in [6.07, 6.45) is 2.85. The van der Waals surface area contributed by atoms with Crippen LogP contribution in [-0.2, 0) is 16.0 Å². The van der Waals surface area contributed by atoms with Crippen molar-refractivity contribution in [2.24, 2.45) is 0 Å². The van der Waals surface area contributed by atoms with Gasteiger partial charge < -0.3 is 19.5 Å². The Kier molecular flexibility index (Phi) is 6.29. The molecule has 4 atom stereocenters. The Balaban J connectivity index is 0.978. The summed E-state index contributed by atoms with van der Waals surface area (Å²) in [5, 5.41) is 19.9. The van der Waals surface area contributed by atoms with Crippen LogP contribution in [0.5, 0.6) is 11.8 Å². The molecule has 5 aromatic rings. The Morgan fingerprint density at radius 1 is 0.872 bits per heavy atom. The van der Waals surface area contributed by atoms with Crippen LogP contribution in [-0.4, -0.2) is 66.4 Å². The zero-order valence-corrected chi connectivity index (χ0v) is 20.9. The summed E-state index contributed by atoms with van der Waals surface area (Å²) in [5.41, 5.74) is 4.50. The first kappa shape index (κ1) is 23.7. The molecule has 0 radical (unpaired) electrons. The fraction of sp³-hybridized carbons (Fsp3) is 0.250. The number of nitrogens with one attached hydrogen (secondary N) is 1. The van der Waals surface area contributed by atoms with E-state index >= 15 is 0 Å². The van der Waals surface area contributed by atoms with Gasteiger partial charge in [0.1, 0.15) is 36.7 Å². The first-order valence-corrected chi connectivity index (χ1v) is 12.8. The quantitative estimate of drug-likeness (QED) is 0.328. The van der Waals surface area contributed by atoms with E-state index in [2.05, 4.69) is 79.5 Å². The standard InChI is InChI=1S/C28H26N8O3/c1-2-4-20(5-3-1)21-8-6-19(7-9-21)14-30-24-15-37-27-25(16-38-26(24)27)36-28(32-33-34-36)39-23-12-10-22(11-13-23)35-18-29-17-31-35/h1-13,17-18,24-27,30H,14-16H2/t24-,25-,26+,27+/m0/s1. The summed E-state index contributed by atoms with van der Waals surface area (Å²) in [7, 11) is 0. The number of tetrazole rings is 1. The van der Waals surface area contributed by atoms with Crippen molar-refractivity contribution in [3.8, 4) is 28.6 Å². The number of benzene rings is 3. The average molecular weight is 523 g/mol. The van der Waals surface area contributed by atoms with Crippen molar-refractivity contribution >= 4 is 0 Å². The van der Waals surface area contributed by atoms with Gasteiger partial charge in [-0.25, -0.2) is 9.67 Å². The Labute approximate surface area is 224 Å². The fourth-order valence-corrected chi connectivity index (χ4v) is 5.13. The van der Waals surface area contributed by atoms with Gasteiger partial charge in [0, 0.05) is 6.54 Å². The Bertz CT molecular complexity index is 1510. The molecule has 11 nitrogen and oxygen atoms in total. The highest BCUT2D eigenvalue weighted by Crippen LogP contribution is 2.36. The second kappa shape index (κ2) is 10.4. The molecule has 0 spiro atoms. The van der Waals surface area contributed by atoms with Gasteiger partial charge in [-0.1, -0.05) is 59.7 Å². The van der Waals surface area contributed by atoms with E-state index in [9.17, 15) is 0 Å². The third kappa shape index (κ3) is 4.78. The van der Waals surface area contributed by atoms with E-state index in [4.69, 9.17) is 14.2 Å². The maximum Gasteiger partial charge on any atom is 0.341 e. The molecule has 11 heteroatoms. The van der Waals surface area contributed by atoms with Crippen LogP contribution < -0.4 is 10.1 Å². The van der Waals surface area contributed by atoms with Crippen LogP contribution in [0, 0.1) is 0 Å². The van der Waals surface area contributed by atoms with Gasteiger partial charge in [0.25, 0.3) is 0 Å². The number of fused-ring (bicyclic) bond motifs is 1. The molecule has 2 saturated heterocycles. The molecule has 39 heavy (non-hydrogen) atoms. The van der Waals surface area contributed by atoms with Crippen LogP contribution in [0.2, 0.25) is 0 Å². The van der Waals surface area contributed by atoms with Gasteiger partial charge in [-0.05, 0) is 51.4 Å². The van der Waals surface area contributed by atoms with Crippen molar-refractivity contribution in [3.05, 3.63) is 97.1 Å². The van der Waals surface area contributed by atoms with E-state index in [0.717, 1.165) is 12.2 Å². The zero-order chi connectivity index (χ0) is 26.0. The molecule has 0 amide bonds. The van der Waals surface area contributed by atoms with Gasteiger partial charge in [-0.3, -0.25) is 0 Å².